The number of hydrogen-bond donors (Lipinski definition) is 0. The van der Waals surface area contributed by atoms with E-state index in [1.165, 1.54) is 0 Å². The molecule has 0 aliphatic carbocycles. The molecule has 0 aromatic carbocycles. The third-order valence-corrected chi connectivity index (χ3v) is 3.55. The standard InChI is InChI=1S/C12H23ClO2/c1-7-15-8-12(9(2)3,10(13)14)11(4,5)6/h9H,7-8H2,1-6H3. The van der Waals surface area contributed by atoms with Gasteiger partial charge in [-0.2, -0.15) is 0 Å². The summed E-state index contributed by atoms with van der Waals surface area (Å²) < 4.78 is 5.44. The molecule has 0 saturated heterocycles. The topological polar surface area (TPSA) is 26.3 Å². The molecule has 0 rings (SSSR count). The van der Waals surface area contributed by atoms with Crippen molar-refractivity contribution >= 4 is 16.8 Å². The molecular formula is C12H23ClO2. The third kappa shape index (κ3) is 2.94. The van der Waals surface area contributed by atoms with Crippen molar-refractivity contribution < 1.29 is 9.53 Å². The first-order valence-corrected chi connectivity index (χ1v) is 5.85. The Hall–Kier alpha value is -0.0800. The van der Waals surface area contributed by atoms with E-state index in [0.717, 1.165) is 0 Å². The van der Waals surface area contributed by atoms with Gasteiger partial charge in [0, 0.05) is 6.61 Å². The first-order valence-electron chi connectivity index (χ1n) is 5.47. The molecule has 1 unspecified atom stereocenters. The van der Waals surface area contributed by atoms with Gasteiger partial charge in [-0.15, -0.1) is 0 Å². The van der Waals surface area contributed by atoms with Crippen LogP contribution in [0.25, 0.3) is 0 Å². The minimum absolute atomic E-state index is 0.161. The minimum atomic E-state index is -0.607. The zero-order chi connectivity index (χ0) is 12.3. The van der Waals surface area contributed by atoms with Crippen molar-refractivity contribution in [2.75, 3.05) is 13.2 Å². The second kappa shape index (κ2) is 5.31. The van der Waals surface area contributed by atoms with Gasteiger partial charge in [0.05, 0.1) is 12.0 Å². The molecule has 0 aromatic heterocycles. The summed E-state index contributed by atoms with van der Waals surface area (Å²) in [6.07, 6.45) is 0. The lowest BCUT2D eigenvalue weighted by Gasteiger charge is -2.44. The lowest BCUT2D eigenvalue weighted by atomic mass is 9.61. The van der Waals surface area contributed by atoms with Crippen molar-refractivity contribution in [2.45, 2.75) is 41.5 Å². The van der Waals surface area contributed by atoms with E-state index >= 15 is 0 Å². The molecule has 90 valence electrons. The highest BCUT2D eigenvalue weighted by Gasteiger charge is 2.50. The highest BCUT2D eigenvalue weighted by Crippen LogP contribution is 2.46. The molecule has 0 radical (unpaired) electrons. The van der Waals surface area contributed by atoms with E-state index in [2.05, 4.69) is 0 Å². The summed E-state index contributed by atoms with van der Waals surface area (Å²) in [5, 5.41) is -0.293. The van der Waals surface area contributed by atoms with E-state index in [9.17, 15) is 4.79 Å². The molecule has 1 atom stereocenters. The maximum atomic E-state index is 11.7. The van der Waals surface area contributed by atoms with E-state index in [0.29, 0.717) is 13.2 Å². The van der Waals surface area contributed by atoms with Crippen molar-refractivity contribution in [3.05, 3.63) is 0 Å². The van der Waals surface area contributed by atoms with Crippen molar-refractivity contribution in [3.63, 3.8) is 0 Å². The van der Waals surface area contributed by atoms with Gasteiger partial charge >= 0.3 is 0 Å². The molecule has 0 aromatic rings. The summed E-state index contributed by atoms with van der Waals surface area (Å²) in [7, 11) is 0. The average Bonchev–Trinajstić information content (AvgIpc) is 2.01. The summed E-state index contributed by atoms with van der Waals surface area (Å²) in [5.41, 5.74) is -0.806. The summed E-state index contributed by atoms with van der Waals surface area (Å²) in [6.45, 7) is 13.1. The van der Waals surface area contributed by atoms with E-state index in [1.54, 1.807) is 0 Å². The number of rotatable bonds is 5. The summed E-state index contributed by atoms with van der Waals surface area (Å²) in [5.74, 6) is 0.161. The Morgan fingerprint density at radius 3 is 2.00 bits per heavy atom. The van der Waals surface area contributed by atoms with Crippen LogP contribution in [0.1, 0.15) is 41.5 Å². The monoisotopic (exact) mass is 234 g/mol. The fraction of sp³-hybridized carbons (Fsp3) is 0.917. The molecule has 0 saturated carbocycles. The molecule has 0 bridgehead atoms. The maximum absolute atomic E-state index is 11.7. The first-order chi connectivity index (χ1) is 6.70. The van der Waals surface area contributed by atoms with Crippen LogP contribution in [0.5, 0.6) is 0 Å². The zero-order valence-electron chi connectivity index (χ0n) is 10.7. The smallest absolute Gasteiger partial charge is 0.230 e. The number of hydrogen-bond acceptors (Lipinski definition) is 2. The minimum Gasteiger partial charge on any atom is -0.381 e. The number of carbonyl (C=O) groups is 1. The maximum Gasteiger partial charge on any atom is 0.230 e. The van der Waals surface area contributed by atoms with Gasteiger partial charge in [0.1, 0.15) is 0 Å². The zero-order valence-corrected chi connectivity index (χ0v) is 11.4. The molecule has 0 spiro atoms. The van der Waals surface area contributed by atoms with Crippen molar-refractivity contribution in [3.8, 4) is 0 Å². The normalized spacial score (nSPS) is 16.5. The van der Waals surface area contributed by atoms with Crippen molar-refractivity contribution in [2.24, 2.45) is 16.7 Å². The van der Waals surface area contributed by atoms with Gasteiger partial charge < -0.3 is 4.74 Å². The second-order valence-corrected chi connectivity index (χ2v) is 5.63. The molecule has 15 heavy (non-hydrogen) atoms. The lowest BCUT2D eigenvalue weighted by molar-refractivity contribution is -0.138. The van der Waals surface area contributed by atoms with Crippen LogP contribution in [0.15, 0.2) is 0 Å². The van der Waals surface area contributed by atoms with Crippen LogP contribution in [0, 0.1) is 16.7 Å². The SMILES string of the molecule is CCOCC(C(=O)Cl)(C(C)C)C(C)(C)C. The summed E-state index contributed by atoms with van der Waals surface area (Å²) >= 11 is 5.80. The second-order valence-electron chi connectivity index (χ2n) is 5.29. The Bertz CT molecular complexity index is 218. The van der Waals surface area contributed by atoms with Gasteiger partial charge in [-0.25, -0.2) is 0 Å². The van der Waals surface area contributed by atoms with Gasteiger partial charge in [-0.1, -0.05) is 34.6 Å². The Labute approximate surface area is 98.3 Å². The first kappa shape index (κ1) is 14.9. The molecule has 0 amide bonds. The third-order valence-electron chi connectivity index (χ3n) is 3.21. The van der Waals surface area contributed by atoms with Crippen LogP contribution in [-0.2, 0) is 9.53 Å². The average molecular weight is 235 g/mol. The fourth-order valence-electron chi connectivity index (χ4n) is 2.09. The quantitative estimate of drug-likeness (QED) is 0.681. The molecule has 3 heteroatoms. The molecule has 0 aliphatic rings. The molecule has 0 heterocycles. The van der Waals surface area contributed by atoms with E-state index in [1.807, 2.05) is 41.5 Å². The highest BCUT2D eigenvalue weighted by atomic mass is 35.5. The van der Waals surface area contributed by atoms with Gasteiger partial charge in [0.25, 0.3) is 0 Å². The molecule has 0 fully saturated rings. The van der Waals surface area contributed by atoms with Crippen molar-refractivity contribution in [1.82, 2.24) is 0 Å². The van der Waals surface area contributed by atoms with Gasteiger partial charge in [0.2, 0.25) is 5.24 Å². The molecule has 2 nitrogen and oxygen atoms in total. The predicted octanol–water partition coefficient (Wildman–Crippen LogP) is 3.48. The van der Waals surface area contributed by atoms with Crippen LogP contribution in [-0.4, -0.2) is 18.5 Å². The number of ether oxygens (including phenoxy) is 1. The van der Waals surface area contributed by atoms with E-state index in [-0.39, 0.29) is 16.6 Å². The fourth-order valence-corrected chi connectivity index (χ4v) is 2.65. The molecule has 0 N–H and O–H groups in total. The Balaban J connectivity index is 5.19. The van der Waals surface area contributed by atoms with Crippen molar-refractivity contribution in [1.29, 1.82) is 0 Å². The Morgan fingerprint density at radius 2 is 1.80 bits per heavy atom. The van der Waals surface area contributed by atoms with Crippen LogP contribution in [0.4, 0.5) is 0 Å². The van der Waals surface area contributed by atoms with E-state index in [4.69, 9.17) is 16.3 Å². The van der Waals surface area contributed by atoms with Crippen LogP contribution >= 0.6 is 11.6 Å². The van der Waals surface area contributed by atoms with Gasteiger partial charge in [0.15, 0.2) is 0 Å². The Kier molecular flexibility index (Phi) is 5.28. The van der Waals surface area contributed by atoms with Crippen LogP contribution < -0.4 is 0 Å². The Morgan fingerprint density at radius 1 is 1.33 bits per heavy atom. The summed E-state index contributed by atoms with van der Waals surface area (Å²) in [4.78, 5) is 11.7. The van der Waals surface area contributed by atoms with Gasteiger partial charge in [-0.3, -0.25) is 4.79 Å². The molecular weight excluding hydrogens is 212 g/mol. The van der Waals surface area contributed by atoms with Crippen LogP contribution in [0.3, 0.4) is 0 Å². The predicted molar refractivity (Wildman–Crippen MR) is 64.1 cm³/mol. The largest absolute Gasteiger partial charge is 0.381 e. The lowest BCUT2D eigenvalue weighted by Crippen LogP contribution is -2.49. The number of halogens is 1. The molecule has 0 aliphatic heterocycles. The van der Waals surface area contributed by atoms with Gasteiger partial charge in [-0.05, 0) is 29.9 Å². The highest BCUT2D eigenvalue weighted by molar-refractivity contribution is 6.64. The summed E-state index contributed by atoms with van der Waals surface area (Å²) in [6, 6.07) is 0. The van der Waals surface area contributed by atoms with E-state index < -0.39 is 5.41 Å². The van der Waals surface area contributed by atoms with Crippen LogP contribution in [0.2, 0.25) is 0 Å². The number of carbonyl (C=O) groups excluding carboxylic acids is 1.